The predicted octanol–water partition coefficient (Wildman–Crippen LogP) is 8.73. The van der Waals surface area contributed by atoms with Gasteiger partial charge in [0.05, 0.1) is 44.6 Å². The van der Waals surface area contributed by atoms with Crippen LogP contribution in [0.25, 0.3) is 11.1 Å². The molecule has 0 aromatic heterocycles. The molecule has 6 rings (SSSR count). The van der Waals surface area contributed by atoms with E-state index in [2.05, 4.69) is 0 Å². The number of nitrogens with zero attached hydrogens (tertiary/aromatic N) is 3. The zero-order valence-electron chi connectivity index (χ0n) is 49.5. The molecule has 1 unspecified atom stereocenters. The monoisotopic (exact) mass is 773 g/mol. The number of anilines is 1. The highest BCUT2D eigenvalue weighted by Crippen LogP contribution is 2.41. The first-order valence-electron chi connectivity index (χ1n) is 26.7. The number of hydrogen-bond acceptors (Lipinski definition) is 6. The number of aliphatic hydroxyl groups excluding tert-OH is 1. The molecule has 0 radical (unpaired) electrons. The van der Waals surface area contributed by atoms with Crippen molar-refractivity contribution >= 4 is 23.4 Å². The number of piperidine rings is 1. The van der Waals surface area contributed by atoms with Gasteiger partial charge in [-0.1, -0.05) is 66.0 Å². The fourth-order valence-corrected chi connectivity index (χ4v) is 6.32. The predicted molar refractivity (Wildman–Crippen MR) is 198 cm³/mol. The van der Waals surface area contributed by atoms with Gasteiger partial charge in [-0.05, 0) is 66.7 Å². The maximum atomic E-state index is 15.5. The van der Waals surface area contributed by atoms with Crippen molar-refractivity contribution in [1.29, 1.82) is 0 Å². The van der Waals surface area contributed by atoms with Crippen LogP contribution in [0, 0.1) is 18.6 Å². The number of hydrogen-bond donors (Lipinski definition) is 1. The average molecular weight is 774 g/mol. The van der Waals surface area contributed by atoms with Gasteiger partial charge in [-0.2, -0.15) is 13.2 Å². The Morgan fingerprint density at radius 1 is 1.04 bits per heavy atom. The molecular weight excluding hydrogens is 710 g/mol. The van der Waals surface area contributed by atoms with E-state index < -0.39 is 210 Å². The summed E-state index contributed by atoms with van der Waals surface area (Å²) in [5.74, 6) is -6.37. The van der Waals surface area contributed by atoms with Crippen LogP contribution in [-0.4, -0.2) is 66.6 Å². The largest absolute Gasteiger partial charge is 0.416 e. The Morgan fingerprint density at radius 3 is 2.42 bits per heavy atom. The number of carbonyl (C=O) groups excluding carboxylic acids is 1. The number of halogens is 5. The fourth-order valence-electron chi connectivity index (χ4n) is 5.38. The summed E-state index contributed by atoms with van der Waals surface area (Å²) in [4.78, 5) is 17.5. The SMILES string of the molecule is [2H]C1=C(SCc2c([2H])c([2H])c([2H])c(F)c2F)N(C([2H])([2H])C(=O)N(Cc2c([2H])c([2H])c(-c3c([2H])c([2H])c(C(F)(F)F)c([2H])c3[2H])c([2H])c2[2H])C2CCN(C([2H])([2H])COC([2H])([2H])[2H])CC2)c2c([2H])c([2H])c(C)c([2H])c2C1O. The zero-order chi connectivity index (χ0) is 56.8. The van der Waals surface area contributed by atoms with Crippen molar-refractivity contribution in [3.8, 4) is 11.1 Å². The molecule has 1 N–H and O–H groups in total. The summed E-state index contributed by atoms with van der Waals surface area (Å²) in [6.07, 6.45) is -8.35. The molecule has 12 heteroatoms. The minimum Gasteiger partial charge on any atom is -0.384 e. The number of aliphatic hydroxyl groups is 1. The molecule has 0 bridgehead atoms. The first-order valence-corrected chi connectivity index (χ1v) is 16.7. The minimum absolute atomic E-state index is 0.170. The molecule has 1 saturated heterocycles. The Hall–Kier alpha value is -4.23. The van der Waals surface area contributed by atoms with Crippen LogP contribution in [0.4, 0.5) is 27.6 Å². The van der Waals surface area contributed by atoms with Gasteiger partial charge in [0.2, 0.25) is 5.91 Å². The summed E-state index contributed by atoms with van der Waals surface area (Å²) < 4.78 is 263. The second-order valence-electron chi connectivity index (χ2n) is 11.5. The molecule has 2 aliphatic heterocycles. The normalized spacial score (nSPS) is 23.6. The second-order valence-corrected chi connectivity index (χ2v) is 12.5. The van der Waals surface area contributed by atoms with Gasteiger partial charge >= 0.3 is 6.18 Å². The van der Waals surface area contributed by atoms with Crippen molar-refractivity contribution in [2.24, 2.45) is 0 Å². The summed E-state index contributed by atoms with van der Waals surface area (Å²) >= 11 is 0.170. The van der Waals surface area contributed by atoms with Gasteiger partial charge < -0.3 is 24.5 Å². The van der Waals surface area contributed by atoms with Crippen LogP contribution >= 0.6 is 11.8 Å². The van der Waals surface area contributed by atoms with E-state index in [1.54, 1.807) is 0 Å². The lowest BCUT2D eigenvalue weighted by Gasteiger charge is -2.40. The second kappa shape index (κ2) is 16.8. The van der Waals surface area contributed by atoms with Gasteiger partial charge in [0.1, 0.15) is 12.6 Å². The molecule has 2 heterocycles. The molecule has 2 aliphatic rings. The molecule has 0 saturated carbocycles. The number of alkyl halides is 3. The van der Waals surface area contributed by atoms with E-state index in [0.29, 0.717) is 9.80 Å². The Kier molecular flexibility index (Phi) is 6.16. The van der Waals surface area contributed by atoms with E-state index in [1.807, 2.05) is 0 Å². The number of thioether (sulfide) groups is 1. The van der Waals surface area contributed by atoms with Crippen molar-refractivity contribution in [2.75, 3.05) is 44.6 Å². The smallest absolute Gasteiger partial charge is 0.384 e. The van der Waals surface area contributed by atoms with Crippen LogP contribution in [0.1, 0.15) is 76.9 Å². The number of methoxy groups -OCH3 is 1. The third-order valence-electron chi connectivity index (χ3n) is 8.00. The summed E-state index contributed by atoms with van der Waals surface area (Å²) in [6, 6.07) is -18.7. The van der Waals surface area contributed by atoms with Gasteiger partial charge in [0.25, 0.3) is 0 Å². The number of benzene rings is 4. The molecular formula is C41H42F5N3O3S. The Morgan fingerprint density at radius 2 is 1.74 bits per heavy atom. The number of amides is 1. The van der Waals surface area contributed by atoms with Gasteiger partial charge in [-0.15, -0.1) is 11.8 Å². The van der Waals surface area contributed by atoms with Gasteiger partial charge in [-0.3, -0.25) is 4.79 Å². The highest BCUT2D eigenvalue weighted by atomic mass is 32.2. The number of likely N-dealkylation sites (tertiary alicyclic amines) is 1. The molecule has 1 amide bonds. The number of fused-ring (bicyclic) bond motifs is 1. The molecule has 1 atom stereocenters. The molecule has 53 heavy (non-hydrogen) atoms. The van der Waals surface area contributed by atoms with Crippen molar-refractivity contribution in [1.82, 2.24) is 9.80 Å². The molecule has 0 aliphatic carbocycles. The third-order valence-corrected chi connectivity index (χ3v) is 9.01. The van der Waals surface area contributed by atoms with E-state index in [-0.39, 0.29) is 43.3 Å². The van der Waals surface area contributed by atoms with Crippen molar-refractivity contribution < 1.29 is 66.7 Å². The minimum atomic E-state index is -5.41. The molecule has 0 spiro atoms. The third kappa shape index (κ3) is 9.29. The van der Waals surface area contributed by atoms with E-state index in [1.165, 1.54) is 6.92 Å². The van der Waals surface area contributed by atoms with Gasteiger partial charge in [-0.25, -0.2) is 8.78 Å². The fraction of sp³-hybridized carbons (Fsp3) is 0.341. The maximum Gasteiger partial charge on any atom is 0.416 e. The maximum absolute atomic E-state index is 15.5. The number of ether oxygens (including phenoxy) is 1. The van der Waals surface area contributed by atoms with Crippen molar-refractivity contribution in [2.45, 2.75) is 50.4 Å². The Balaban J connectivity index is 1.56. The first-order chi connectivity index (χ1) is 34.3. The number of rotatable bonds is 12. The lowest BCUT2D eigenvalue weighted by Crippen LogP contribution is -2.50. The Bertz CT molecular complexity index is 2960. The lowest BCUT2D eigenvalue weighted by molar-refractivity contribution is -0.137. The van der Waals surface area contributed by atoms with Crippen LogP contribution in [0.5, 0.6) is 0 Å². The molecule has 1 fully saturated rings. The topological polar surface area (TPSA) is 56.3 Å². The van der Waals surface area contributed by atoms with Crippen LogP contribution in [0.15, 0.2) is 95.7 Å². The van der Waals surface area contributed by atoms with Crippen LogP contribution in [0.3, 0.4) is 0 Å². The quantitative estimate of drug-likeness (QED) is 0.146. The summed E-state index contributed by atoms with van der Waals surface area (Å²) in [6.45, 7) is -7.92. The van der Waals surface area contributed by atoms with E-state index >= 15 is 9.18 Å². The van der Waals surface area contributed by atoms with Crippen molar-refractivity contribution in [3.63, 3.8) is 0 Å². The highest BCUT2D eigenvalue weighted by molar-refractivity contribution is 8.02. The number of carbonyl (C=O) groups is 1. The van der Waals surface area contributed by atoms with E-state index in [0.717, 1.165) is 4.90 Å². The van der Waals surface area contributed by atoms with Crippen LogP contribution < -0.4 is 4.90 Å². The summed E-state index contributed by atoms with van der Waals surface area (Å²) in [5, 5.41) is 10.7. The van der Waals surface area contributed by atoms with Gasteiger partial charge in [0.15, 0.2) is 11.6 Å². The van der Waals surface area contributed by atoms with E-state index in [9.17, 15) is 25.4 Å². The zero-order valence-corrected chi connectivity index (χ0v) is 28.3. The summed E-state index contributed by atoms with van der Waals surface area (Å²) in [5.41, 5.74) is -7.53. The standard InChI is InChI=1S/C41H42F5N3O3S/c1-27-6-15-36-34(22-27)37(50)23-39(53-26-31-4-3-5-35(42)40(31)43)49(36)25-38(51)48(33-16-18-47(19-17-33)20-21-52-2)24-28-7-9-29(10-8-28)30-11-13-32(14-12-30)41(44,45)46/h3-15,22-23,33,37,50H,16-21,24-26H2,1-2H3/i2D3,3D,4D,5D,6D,7D,8D,9D,10D,11D,12D,13D,14D,15D,20D2,22D,23D,25D2. The van der Waals surface area contributed by atoms with Crippen molar-refractivity contribution in [3.05, 3.63) is 135 Å². The lowest BCUT2D eigenvalue weighted by atomic mass is 9.99. The first kappa shape index (κ1) is 19.4. The van der Waals surface area contributed by atoms with Gasteiger partial charge in [0, 0.05) is 64.5 Å². The molecule has 4 aromatic rings. The van der Waals surface area contributed by atoms with Crippen LogP contribution in [-0.2, 0) is 28.0 Å². The highest BCUT2D eigenvalue weighted by Gasteiger charge is 2.33. The Labute approximate surface area is 341 Å². The summed E-state index contributed by atoms with van der Waals surface area (Å²) in [7, 11) is -3.02. The molecule has 4 aromatic carbocycles. The average Bonchev–Trinajstić information content (AvgIpc) is 3.33. The van der Waals surface area contributed by atoms with Crippen LogP contribution in [0.2, 0.25) is 0 Å². The van der Waals surface area contributed by atoms with E-state index in [4.69, 9.17) is 32.2 Å². The molecule has 280 valence electrons. The molecule has 6 nitrogen and oxygen atoms in total.